The van der Waals surface area contributed by atoms with Gasteiger partial charge in [0, 0.05) is 204 Å². The number of likely N-dealkylation sites (tertiary alicyclic amines) is 1. The number of guanidine groups is 5. The van der Waals surface area contributed by atoms with Crippen LogP contribution in [0.25, 0.3) is 38.8 Å². The zero-order chi connectivity index (χ0) is 96.2. The Bertz CT molecular complexity index is 7310. The summed E-state index contributed by atoms with van der Waals surface area (Å²) in [5, 5.41) is 13.8. The minimum atomic E-state index is -0.0258. The van der Waals surface area contributed by atoms with Crippen molar-refractivity contribution >= 4 is 132 Å². The van der Waals surface area contributed by atoms with E-state index in [2.05, 4.69) is 123 Å². The highest BCUT2D eigenvalue weighted by molar-refractivity contribution is 6.48. The van der Waals surface area contributed by atoms with Crippen LogP contribution in [0, 0.1) is 13.8 Å². The van der Waals surface area contributed by atoms with E-state index >= 15 is 0 Å². The zero-order valence-corrected chi connectivity index (χ0v) is 80.3. The van der Waals surface area contributed by atoms with Crippen molar-refractivity contribution in [2.24, 2.45) is 71.1 Å². The molecule has 0 atom stereocenters. The number of Topliss-reactive ketones (excluding diaryl/α,β-unsaturated/α-hetero) is 5. The minimum absolute atomic E-state index is 0.0102. The smallest absolute Gasteiger partial charge is 0.226 e. The fraction of sp³-hybridized carbons (Fsp3) is 0.266. The molecule has 0 bridgehead atoms. The molecule has 29 heteroatoms. The molecule has 138 heavy (non-hydrogen) atoms. The van der Waals surface area contributed by atoms with Gasteiger partial charge in [0.1, 0.15) is 62.8 Å². The topological polar surface area (TPSA) is 294 Å². The second-order valence-corrected chi connectivity index (χ2v) is 35.3. The lowest BCUT2D eigenvalue weighted by Gasteiger charge is -2.34. The van der Waals surface area contributed by atoms with Crippen molar-refractivity contribution < 1.29 is 28.7 Å². The predicted octanol–water partition coefficient (Wildman–Crippen LogP) is 15.7. The van der Waals surface area contributed by atoms with E-state index in [-0.39, 0.29) is 28.9 Å². The molecule has 0 amide bonds. The van der Waals surface area contributed by atoms with Gasteiger partial charge in [-0.1, -0.05) is 146 Å². The summed E-state index contributed by atoms with van der Waals surface area (Å²) in [5.41, 5.74) is 26.4. The molecule has 8 aromatic carbocycles. The molecule has 23 rings (SSSR count). The highest BCUT2D eigenvalue weighted by atomic mass is 16.5. The minimum Gasteiger partial charge on any atom is -0.497 e. The molecule has 0 radical (unpaired) electrons. The van der Waals surface area contributed by atoms with Crippen LogP contribution >= 0.6 is 0 Å². The summed E-state index contributed by atoms with van der Waals surface area (Å²) in [6, 6.07) is 56.4. The number of hydrogen-bond donors (Lipinski definition) is 0. The molecule has 7 aliphatic heterocycles. The molecule has 0 saturated carbocycles. The molecule has 3 aromatic heterocycles. The van der Waals surface area contributed by atoms with Gasteiger partial charge in [0.05, 0.1) is 59.1 Å². The maximum atomic E-state index is 13.7. The summed E-state index contributed by atoms with van der Waals surface area (Å²) in [7, 11) is 13.2. The third-order valence-corrected chi connectivity index (χ3v) is 26.7. The molecule has 11 aromatic rings. The highest BCUT2D eigenvalue weighted by Gasteiger charge is 2.43. The van der Waals surface area contributed by atoms with E-state index in [0.717, 1.165) is 209 Å². The lowest BCUT2D eigenvalue weighted by molar-refractivity contribution is 0.104. The first-order chi connectivity index (χ1) is 67.0. The van der Waals surface area contributed by atoms with Crippen LogP contribution in [0.15, 0.2) is 285 Å². The van der Waals surface area contributed by atoms with E-state index in [9.17, 15) is 24.0 Å². The van der Waals surface area contributed by atoms with Gasteiger partial charge in [0.15, 0.2) is 28.9 Å². The van der Waals surface area contributed by atoms with Crippen molar-refractivity contribution in [3.63, 3.8) is 0 Å². The van der Waals surface area contributed by atoms with Crippen molar-refractivity contribution in [3.05, 3.63) is 330 Å². The van der Waals surface area contributed by atoms with Gasteiger partial charge in [-0.2, -0.15) is 15.3 Å². The summed E-state index contributed by atoms with van der Waals surface area (Å²) in [4.78, 5) is 130. The first kappa shape index (κ1) is 91.1. The number of allylic oxidation sites excluding steroid dienone is 10. The second kappa shape index (κ2) is 38.0. The molecule has 29 nitrogen and oxygen atoms in total. The lowest BCUT2D eigenvalue weighted by Crippen LogP contribution is -2.44. The Hall–Kier alpha value is -16.0. The van der Waals surface area contributed by atoms with Crippen LogP contribution < -0.4 is 9.64 Å². The molecule has 0 N–H and O–H groups in total. The van der Waals surface area contributed by atoms with Gasteiger partial charge in [-0.25, -0.2) is 49.9 Å². The summed E-state index contributed by atoms with van der Waals surface area (Å²) in [5.74, 6) is 4.08. The number of nitrogens with zero attached hydrogens (tertiary/aromatic N) is 23. The Morgan fingerprint density at radius 1 is 0.333 bits per heavy atom. The average molecular weight is 1840 g/mol. The number of aliphatic imine (C=N–C) groups is 10. The number of hydrogen-bond acceptors (Lipinski definition) is 26. The number of piperazine rings is 1. The molecule has 2 saturated heterocycles. The normalized spacial score (nSPS) is 16.8. The highest BCUT2D eigenvalue weighted by Crippen LogP contribution is 2.45. The molecule has 12 aliphatic rings. The Kier molecular flexibility index (Phi) is 25.1. The number of aryl methyl sites for hydroxylation is 5. The fourth-order valence-corrected chi connectivity index (χ4v) is 19.3. The fourth-order valence-electron chi connectivity index (χ4n) is 19.3. The lowest BCUT2D eigenvalue weighted by atomic mass is 9.82. The monoisotopic (exact) mass is 1830 g/mol. The van der Waals surface area contributed by atoms with E-state index in [4.69, 9.17) is 49.7 Å². The van der Waals surface area contributed by atoms with Crippen LogP contribution in [-0.2, 0) is 21.1 Å². The maximum Gasteiger partial charge on any atom is 0.226 e. The van der Waals surface area contributed by atoms with E-state index in [0.29, 0.717) is 108 Å². The van der Waals surface area contributed by atoms with Crippen LogP contribution in [0.2, 0.25) is 0 Å². The maximum absolute atomic E-state index is 13.7. The van der Waals surface area contributed by atoms with Crippen molar-refractivity contribution in [2.75, 3.05) is 112 Å². The summed E-state index contributed by atoms with van der Waals surface area (Å²) < 4.78 is 10.5. The number of aromatic nitrogens is 6. The number of benzene rings is 8. The van der Waals surface area contributed by atoms with Gasteiger partial charge in [-0.3, -0.25) is 38.0 Å². The van der Waals surface area contributed by atoms with Crippen molar-refractivity contribution in [3.8, 4) is 5.75 Å². The summed E-state index contributed by atoms with van der Waals surface area (Å²) in [6.07, 6.45) is 11.3. The van der Waals surface area contributed by atoms with Gasteiger partial charge in [0.2, 0.25) is 29.8 Å². The number of carbonyl (C=O) groups excluding carboxylic acids is 5. The number of rotatable bonds is 13. The number of methoxy groups -OCH3 is 1. The molecular formula is C109H107N23O6. The van der Waals surface area contributed by atoms with E-state index in [1.165, 1.54) is 5.69 Å². The molecule has 0 spiro atoms. The molecule has 10 heterocycles. The van der Waals surface area contributed by atoms with Crippen molar-refractivity contribution in [1.29, 1.82) is 0 Å². The molecule has 0 unspecified atom stereocenters. The van der Waals surface area contributed by atoms with Crippen molar-refractivity contribution in [1.82, 2.24) is 58.7 Å². The van der Waals surface area contributed by atoms with Gasteiger partial charge < -0.3 is 39.0 Å². The Morgan fingerprint density at radius 2 is 0.696 bits per heavy atom. The number of likely N-dealkylation sites (N-methyl/N-ethyl adjacent to an activating group) is 1. The SMILES string of the molecule is CCN(CC)C1=NC2=C(c3ccc(N4CCN(C)CC4)cc3C)C(=O)c3ccccc3C2=N1.CCN(CC)C1=NC2=C(c3ccc(OC)cc3C)C(=O)c3ccccc3C2=N1.CCN(CC)C1=NC2=C(c3cnn(C)c3)C(=O)c3ccccc3C2=N1.CN(C)C1=NC2=C(c3ccc4cnn(C)c4c3)C(=O)c3ccccc3C2=N1.Cn1cc(C2=C3N=C(N4CCCC4)N=C3c3ccccc3C2=O)cn1. The summed E-state index contributed by atoms with van der Waals surface area (Å²) in [6.45, 7) is 27.6. The molecular weight excluding hydrogens is 1730 g/mol. The quantitative estimate of drug-likeness (QED) is 0.104. The number of ether oxygens (including phenoxy) is 1. The van der Waals surface area contributed by atoms with Crippen LogP contribution in [0.1, 0.15) is 173 Å². The number of ketones is 5. The summed E-state index contributed by atoms with van der Waals surface area (Å²) >= 11 is 0. The first-order valence-corrected chi connectivity index (χ1v) is 47.1. The van der Waals surface area contributed by atoms with E-state index in [1.54, 1.807) is 28.9 Å². The van der Waals surface area contributed by atoms with Crippen molar-refractivity contribution in [2.45, 2.75) is 68.2 Å². The molecule has 2 fully saturated rings. The van der Waals surface area contributed by atoms with Crippen LogP contribution in [0.4, 0.5) is 5.69 Å². The van der Waals surface area contributed by atoms with Gasteiger partial charge in [-0.05, 0) is 133 Å². The van der Waals surface area contributed by atoms with Crippen LogP contribution in [-0.4, -0.2) is 253 Å². The average Bonchev–Trinajstić information content (AvgIpc) is 1.52. The first-order valence-electron chi connectivity index (χ1n) is 47.1. The standard InChI is InChI=1S/C27H31N5O.C23H23N3O2.C21H17N5O.C19H17N5O.C19H19N5O/c1-5-31(6-2)27-28-24-21-9-7-8-10-22(21)26(33)23(25(24)29-27)20-12-11-19(17-18(20)3)32-15-13-30(4)14-16-32;1-5-26(6-2)23-24-20-17-9-7-8-10-18(17)22(27)19(21(20)25-23)16-12-11-15(28-4)13-14(16)3;1-25(2)21-23-18-14-6-4-5-7-15(14)20(27)17(19(18)24-21)12-8-9-13-11-22-26(3)16(13)10-12;1-23-11-12(10-20-23)15-17-16(13-6-2-3-7-14(13)18(15)25)21-19(22-17)24-8-4-5-9-24;1-4-24(5-2)19-21-16-13-8-6-7-9-14(13)18(25)15(17(16)22-19)12-10-20-23(3)11-12/h7-12,17H,5-6,13-16H2,1-4H3;7-13H,5-6H2,1-4H3;4-11H,1-3H3;2-3,6-7,10-11H,4-5,8-9H2,1H3;6-11H,4-5H2,1-3H3. The zero-order valence-electron chi connectivity index (χ0n) is 80.3. The number of anilines is 1. The Labute approximate surface area is 801 Å². The Balaban J connectivity index is 0.000000111. The van der Waals surface area contributed by atoms with Gasteiger partial charge in [-0.15, -0.1) is 0 Å². The third kappa shape index (κ3) is 16.6. The third-order valence-electron chi connectivity index (χ3n) is 26.7. The molecule has 694 valence electrons. The molecule has 5 aliphatic carbocycles. The number of carbonyl (C=O) groups is 5. The van der Waals surface area contributed by atoms with Crippen LogP contribution in [0.3, 0.4) is 0 Å². The second-order valence-electron chi connectivity index (χ2n) is 35.3. The van der Waals surface area contributed by atoms with E-state index < -0.39 is 0 Å². The largest absolute Gasteiger partial charge is 0.497 e. The number of fused-ring (bicyclic) bond motifs is 16. The van der Waals surface area contributed by atoms with Gasteiger partial charge in [0.25, 0.3) is 0 Å². The predicted molar refractivity (Wildman–Crippen MR) is 547 cm³/mol. The van der Waals surface area contributed by atoms with E-state index in [1.807, 2.05) is 228 Å². The van der Waals surface area contributed by atoms with Gasteiger partial charge >= 0.3 is 0 Å². The Morgan fingerprint density at radius 3 is 1.08 bits per heavy atom. The van der Waals surface area contributed by atoms with Crippen LogP contribution in [0.5, 0.6) is 5.75 Å².